The van der Waals surface area contributed by atoms with Crippen LogP contribution >= 0.6 is 12.2 Å². The van der Waals surface area contributed by atoms with Gasteiger partial charge in [0.25, 0.3) is 5.69 Å². The van der Waals surface area contributed by atoms with Crippen molar-refractivity contribution in [2.24, 2.45) is 5.10 Å². The lowest BCUT2D eigenvalue weighted by Gasteiger charge is -2.06. The number of nitro groups is 1. The highest BCUT2D eigenvalue weighted by atomic mass is 32.1. The third-order valence-electron chi connectivity index (χ3n) is 3.12. The zero-order valence-electron chi connectivity index (χ0n) is 12.3. The summed E-state index contributed by atoms with van der Waals surface area (Å²) in [5.41, 5.74) is 3.56. The van der Waals surface area contributed by atoms with Gasteiger partial charge in [-0.1, -0.05) is 18.2 Å². The smallest absolute Gasteiger partial charge is 0.282 e. The Morgan fingerprint density at radius 2 is 1.96 bits per heavy atom. The maximum absolute atomic E-state index is 11.1. The van der Waals surface area contributed by atoms with Gasteiger partial charge in [0.1, 0.15) is 0 Å². The molecule has 0 aromatic heterocycles. The number of fused-ring (bicyclic) bond motifs is 1. The van der Waals surface area contributed by atoms with Gasteiger partial charge >= 0.3 is 0 Å². The van der Waals surface area contributed by atoms with E-state index in [1.807, 2.05) is 30.3 Å². The second-order valence-corrected chi connectivity index (χ2v) is 5.12. The van der Waals surface area contributed by atoms with Crippen molar-refractivity contribution in [2.75, 3.05) is 12.1 Å². The number of ether oxygens (including phenoxy) is 2. The van der Waals surface area contributed by atoms with Crippen LogP contribution < -0.4 is 20.2 Å². The van der Waals surface area contributed by atoms with Gasteiger partial charge in [-0.05, 0) is 30.4 Å². The summed E-state index contributed by atoms with van der Waals surface area (Å²) in [6.07, 6.45) is 1.30. The summed E-state index contributed by atoms with van der Waals surface area (Å²) >= 11 is 5.10. The average Bonchev–Trinajstić information content (AvgIpc) is 3.02. The minimum absolute atomic E-state index is 0.0381. The predicted octanol–water partition coefficient (Wildman–Crippen LogP) is 2.64. The number of anilines is 1. The molecule has 2 aromatic rings. The van der Waals surface area contributed by atoms with Crippen LogP contribution in [0.5, 0.6) is 11.5 Å². The Hall–Kier alpha value is -3.20. The second kappa shape index (κ2) is 6.92. The Balaban J connectivity index is 1.70. The lowest BCUT2D eigenvalue weighted by atomic mass is 10.1. The second-order valence-electron chi connectivity index (χ2n) is 4.71. The number of hydrogen-bond donors (Lipinski definition) is 2. The van der Waals surface area contributed by atoms with Crippen LogP contribution in [0, 0.1) is 10.1 Å². The first kappa shape index (κ1) is 15.7. The molecule has 0 atom stereocenters. The van der Waals surface area contributed by atoms with Gasteiger partial charge in [0.2, 0.25) is 6.79 Å². The molecular formula is C15H12N4O4S. The van der Waals surface area contributed by atoms with Crippen molar-refractivity contribution in [3.8, 4) is 11.5 Å². The Morgan fingerprint density at radius 3 is 2.67 bits per heavy atom. The number of para-hydroxylation sites is 1. The van der Waals surface area contributed by atoms with Crippen molar-refractivity contribution in [2.45, 2.75) is 0 Å². The quantitative estimate of drug-likeness (QED) is 0.381. The normalized spacial score (nSPS) is 12.2. The van der Waals surface area contributed by atoms with Gasteiger partial charge in [0.05, 0.1) is 22.8 Å². The summed E-state index contributed by atoms with van der Waals surface area (Å²) in [4.78, 5) is 10.6. The Kier molecular flexibility index (Phi) is 4.52. The van der Waals surface area contributed by atoms with E-state index in [0.717, 1.165) is 5.69 Å². The fraction of sp³-hybridized carbons (Fsp3) is 0.0667. The molecule has 1 aliphatic rings. The first-order chi connectivity index (χ1) is 11.6. The van der Waals surface area contributed by atoms with Crippen molar-refractivity contribution in [3.63, 3.8) is 0 Å². The molecule has 2 N–H and O–H groups in total. The lowest BCUT2D eigenvalue weighted by molar-refractivity contribution is -0.385. The Bertz CT molecular complexity index is 811. The molecule has 122 valence electrons. The number of thiocarbonyl (C=S) groups is 1. The van der Waals surface area contributed by atoms with E-state index in [1.54, 1.807) is 0 Å². The molecule has 0 radical (unpaired) electrons. The van der Waals surface area contributed by atoms with Gasteiger partial charge in [-0.15, -0.1) is 0 Å². The minimum atomic E-state index is -0.510. The van der Waals surface area contributed by atoms with E-state index in [1.165, 1.54) is 18.3 Å². The molecule has 0 saturated carbocycles. The zero-order chi connectivity index (χ0) is 16.9. The fourth-order valence-corrected chi connectivity index (χ4v) is 2.22. The van der Waals surface area contributed by atoms with Gasteiger partial charge in [-0.25, -0.2) is 0 Å². The van der Waals surface area contributed by atoms with Crippen molar-refractivity contribution in [1.82, 2.24) is 5.43 Å². The van der Waals surface area contributed by atoms with Crippen LogP contribution in [-0.2, 0) is 0 Å². The molecule has 1 aliphatic heterocycles. The monoisotopic (exact) mass is 344 g/mol. The lowest BCUT2D eigenvalue weighted by Crippen LogP contribution is -2.23. The van der Waals surface area contributed by atoms with E-state index in [2.05, 4.69) is 15.8 Å². The maximum atomic E-state index is 11.1. The summed E-state index contributed by atoms with van der Waals surface area (Å²) in [5.74, 6) is 0.778. The summed E-state index contributed by atoms with van der Waals surface area (Å²) in [6, 6.07) is 12.1. The van der Waals surface area contributed by atoms with Crippen molar-refractivity contribution in [3.05, 3.63) is 58.1 Å². The molecule has 0 unspecified atom stereocenters. The summed E-state index contributed by atoms with van der Waals surface area (Å²) < 4.78 is 10.4. The van der Waals surface area contributed by atoms with E-state index in [0.29, 0.717) is 11.5 Å². The van der Waals surface area contributed by atoms with E-state index in [9.17, 15) is 10.1 Å². The van der Waals surface area contributed by atoms with Crippen LogP contribution in [0.4, 0.5) is 11.4 Å². The number of hydrazone groups is 1. The standard InChI is InChI=1S/C15H12N4O4S/c20-19(21)12-7-14-13(22-9-23-14)6-10(12)8-16-18-15(24)17-11-4-2-1-3-5-11/h1-8H,9H2,(H2,17,18,24)/b16-8-. The summed E-state index contributed by atoms with van der Waals surface area (Å²) in [5, 5.41) is 18.3. The molecule has 0 bridgehead atoms. The highest BCUT2D eigenvalue weighted by Crippen LogP contribution is 2.37. The fourth-order valence-electron chi connectivity index (χ4n) is 2.05. The van der Waals surface area contributed by atoms with Gasteiger partial charge in [-0.3, -0.25) is 15.5 Å². The topological polar surface area (TPSA) is 98.0 Å². The van der Waals surface area contributed by atoms with E-state index < -0.39 is 4.92 Å². The molecule has 1 heterocycles. The average molecular weight is 344 g/mol. The minimum Gasteiger partial charge on any atom is -0.454 e. The molecular weight excluding hydrogens is 332 g/mol. The summed E-state index contributed by atoms with van der Waals surface area (Å²) in [6.45, 7) is 0.0381. The molecule has 3 rings (SSSR count). The van der Waals surface area contributed by atoms with E-state index in [-0.39, 0.29) is 23.2 Å². The van der Waals surface area contributed by atoms with Gasteiger partial charge in [-0.2, -0.15) is 5.10 Å². The first-order valence-electron chi connectivity index (χ1n) is 6.86. The van der Waals surface area contributed by atoms with Gasteiger partial charge in [0, 0.05) is 5.69 Å². The highest BCUT2D eigenvalue weighted by molar-refractivity contribution is 7.80. The number of benzene rings is 2. The number of nitro benzene ring substituents is 1. The molecule has 0 amide bonds. The van der Waals surface area contributed by atoms with Crippen LogP contribution in [0.1, 0.15) is 5.56 Å². The number of hydrogen-bond acceptors (Lipinski definition) is 6. The molecule has 2 aromatic carbocycles. The van der Waals surface area contributed by atoms with E-state index in [4.69, 9.17) is 21.7 Å². The van der Waals surface area contributed by atoms with Crippen LogP contribution in [0.2, 0.25) is 0 Å². The van der Waals surface area contributed by atoms with Crippen LogP contribution in [0.15, 0.2) is 47.6 Å². The molecule has 0 aliphatic carbocycles. The van der Waals surface area contributed by atoms with E-state index >= 15 is 0 Å². The van der Waals surface area contributed by atoms with Gasteiger partial charge < -0.3 is 14.8 Å². The Morgan fingerprint density at radius 1 is 1.25 bits per heavy atom. The third kappa shape index (κ3) is 3.58. The van der Waals surface area contributed by atoms with Crippen molar-refractivity contribution in [1.29, 1.82) is 0 Å². The molecule has 0 spiro atoms. The number of rotatable bonds is 4. The molecule has 24 heavy (non-hydrogen) atoms. The van der Waals surface area contributed by atoms with Crippen LogP contribution in [-0.4, -0.2) is 23.0 Å². The molecule has 9 heteroatoms. The largest absolute Gasteiger partial charge is 0.454 e. The van der Waals surface area contributed by atoms with Crippen molar-refractivity contribution >= 4 is 34.9 Å². The van der Waals surface area contributed by atoms with Crippen LogP contribution in [0.3, 0.4) is 0 Å². The first-order valence-corrected chi connectivity index (χ1v) is 7.27. The summed E-state index contributed by atoms with van der Waals surface area (Å²) in [7, 11) is 0. The zero-order valence-corrected chi connectivity index (χ0v) is 13.1. The van der Waals surface area contributed by atoms with Crippen LogP contribution in [0.25, 0.3) is 0 Å². The highest BCUT2D eigenvalue weighted by Gasteiger charge is 2.22. The number of nitrogens with zero attached hydrogens (tertiary/aromatic N) is 2. The third-order valence-corrected chi connectivity index (χ3v) is 3.31. The Labute approximate surface area is 142 Å². The van der Waals surface area contributed by atoms with Crippen molar-refractivity contribution < 1.29 is 14.4 Å². The van der Waals surface area contributed by atoms with Gasteiger partial charge in [0.15, 0.2) is 16.6 Å². The number of nitrogens with one attached hydrogen (secondary N) is 2. The molecule has 8 nitrogen and oxygen atoms in total. The predicted molar refractivity (Wildman–Crippen MR) is 92.6 cm³/mol. The SMILES string of the molecule is O=[N+]([O-])c1cc2c(cc1/C=N\NC(=S)Nc1ccccc1)OCO2. The molecule has 0 saturated heterocycles. The molecule has 0 fully saturated rings. The maximum Gasteiger partial charge on any atom is 0.282 e.